The SMILES string of the molecule is COc1c(NC(C)=O)cc(C(=O)CN2C(=N)c3nc(C)ccc3C2(C)c2ccccc2)cc1C(C)(C)C. The van der Waals surface area contributed by atoms with Gasteiger partial charge in [0.15, 0.2) is 5.78 Å². The first-order chi connectivity index (χ1) is 17.4. The number of ketones is 1. The van der Waals surface area contributed by atoms with Gasteiger partial charge in [-0.2, -0.15) is 0 Å². The third-order valence-electron chi connectivity index (χ3n) is 6.96. The van der Waals surface area contributed by atoms with Gasteiger partial charge in [-0.25, -0.2) is 4.98 Å². The van der Waals surface area contributed by atoms with E-state index < -0.39 is 5.54 Å². The van der Waals surface area contributed by atoms with E-state index in [4.69, 9.17) is 10.1 Å². The Labute approximate surface area is 218 Å². The molecule has 1 aromatic heterocycles. The molecule has 0 spiro atoms. The lowest BCUT2D eigenvalue weighted by Gasteiger charge is -2.37. The topological polar surface area (TPSA) is 95.4 Å². The van der Waals surface area contributed by atoms with Crippen LogP contribution in [0.5, 0.6) is 5.75 Å². The van der Waals surface area contributed by atoms with Crippen molar-refractivity contribution in [1.82, 2.24) is 9.88 Å². The molecule has 4 rings (SSSR count). The van der Waals surface area contributed by atoms with Gasteiger partial charge in [-0.15, -0.1) is 0 Å². The summed E-state index contributed by atoms with van der Waals surface area (Å²) in [5.41, 5.74) is 3.89. The van der Waals surface area contributed by atoms with Gasteiger partial charge in [-0.3, -0.25) is 15.0 Å². The van der Waals surface area contributed by atoms with E-state index in [0.717, 1.165) is 22.4 Å². The number of rotatable bonds is 6. The van der Waals surface area contributed by atoms with Crippen LogP contribution in [-0.4, -0.2) is 41.1 Å². The normalized spacial score (nSPS) is 16.9. The van der Waals surface area contributed by atoms with Gasteiger partial charge in [0.05, 0.1) is 24.9 Å². The van der Waals surface area contributed by atoms with Crippen molar-refractivity contribution >= 4 is 23.2 Å². The monoisotopic (exact) mass is 498 g/mol. The molecule has 1 atom stereocenters. The number of methoxy groups -OCH3 is 1. The van der Waals surface area contributed by atoms with E-state index in [9.17, 15) is 9.59 Å². The Balaban J connectivity index is 1.82. The third-order valence-corrected chi connectivity index (χ3v) is 6.96. The number of amides is 1. The van der Waals surface area contributed by atoms with Crippen molar-refractivity contribution in [2.45, 2.75) is 52.5 Å². The lowest BCUT2D eigenvalue weighted by atomic mass is 9.83. The summed E-state index contributed by atoms with van der Waals surface area (Å²) in [4.78, 5) is 32.3. The summed E-state index contributed by atoms with van der Waals surface area (Å²) in [5.74, 6) is 0.327. The lowest BCUT2D eigenvalue weighted by molar-refractivity contribution is -0.114. The van der Waals surface area contributed by atoms with Crippen molar-refractivity contribution in [3.63, 3.8) is 0 Å². The predicted octanol–water partition coefficient (Wildman–Crippen LogP) is 5.44. The Morgan fingerprint density at radius 3 is 2.38 bits per heavy atom. The molecule has 1 unspecified atom stereocenters. The quantitative estimate of drug-likeness (QED) is 0.441. The first-order valence-corrected chi connectivity index (χ1v) is 12.3. The molecule has 2 N–H and O–H groups in total. The smallest absolute Gasteiger partial charge is 0.221 e. The number of carbonyl (C=O) groups is 2. The molecule has 37 heavy (non-hydrogen) atoms. The second-order valence-electron chi connectivity index (χ2n) is 10.7. The molecule has 192 valence electrons. The van der Waals surface area contributed by atoms with Crippen LogP contribution in [0.2, 0.25) is 0 Å². The number of Topliss-reactive ketones (excluding diaryl/α,β-unsaturated/α-hetero) is 1. The minimum absolute atomic E-state index is 0.0327. The Kier molecular flexibility index (Phi) is 6.67. The minimum atomic E-state index is -0.746. The molecule has 0 saturated carbocycles. The summed E-state index contributed by atoms with van der Waals surface area (Å²) in [5, 5.41) is 11.8. The van der Waals surface area contributed by atoms with Crippen molar-refractivity contribution < 1.29 is 14.3 Å². The number of amidine groups is 1. The van der Waals surface area contributed by atoms with E-state index in [1.807, 2.05) is 88.0 Å². The molecular weight excluding hydrogens is 464 g/mol. The van der Waals surface area contributed by atoms with Crippen LogP contribution in [0.1, 0.15) is 73.1 Å². The molecule has 0 radical (unpaired) electrons. The third kappa shape index (κ3) is 4.61. The van der Waals surface area contributed by atoms with Crippen molar-refractivity contribution in [2.24, 2.45) is 0 Å². The van der Waals surface area contributed by atoms with Crippen LogP contribution < -0.4 is 10.1 Å². The molecule has 0 saturated heterocycles. The highest BCUT2D eigenvalue weighted by Gasteiger charge is 2.47. The molecule has 2 aromatic carbocycles. The van der Waals surface area contributed by atoms with Gasteiger partial charge in [0, 0.05) is 29.3 Å². The molecule has 7 heteroatoms. The minimum Gasteiger partial charge on any atom is -0.494 e. The van der Waals surface area contributed by atoms with Gasteiger partial charge in [-0.1, -0.05) is 57.2 Å². The number of pyridine rings is 1. The highest BCUT2D eigenvalue weighted by Crippen LogP contribution is 2.44. The Morgan fingerprint density at radius 2 is 1.78 bits per heavy atom. The number of aryl methyl sites for hydroxylation is 1. The number of nitrogens with zero attached hydrogens (tertiary/aromatic N) is 2. The predicted molar refractivity (Wildman–Crippen MR) is 146 cm³/mol. The van der Waals surface area contributed by atoms with Crippen molar-refractivity contribution in [3.05, 3.63) is 88.2 Å². The van der Waals surface area contributed by atoms with Crippen molar-refractivity contribution in [1.29, 1.82) is 5.41 Å². The zero-order chi connectivity index (χ0) is 27.1. The van der Waals surface area contributed by atoms with E-state index in [-0.39, 0.29) is 29.5 Å². The highest BCUT2D eigenvalue weighted by molar-refractivity contribution is 6.06. The van der Waals surface area contributed by atoms with Gasteiger partial charge in [0.25, 0.3) is 0 Å². The molecule has 7 nitrogen and oxygen atoms in total. The lowest BCUT2D eigenvalue weighted by Crippen LogP contribution is -2.45. The number of carbonyl (C=O) groups excluding carboxylic acids is 2. The summed E-state index contributed by atoms with van der Waals surface area (Å²) >= 11 is 0. The van der Waals surface area contributed by atoms with Crippen LogP contribution in [0.15, 0.2) is 54.6 Å². The number of anilines is 1. The van der Waals surface area contributed by atoms with Gasteiger partial charge >= 0.3 is 0 Å². The van der Waals surface area contributed by atoms with Crippen molar-refractivity contribution in [3.8, 4) is 5.75 Å². The number of aromatic nitrogens is 1. The molecule has 1 amide bonds. The summed E-state index contributed by atoms with van der Waals surface area (Å²) in [7, 11) is 1.56. The second kappa shape index (κ2) is 9.47. The Morgan fingerprint density at radius 1 is 1.11 bits per heavy atom. The molecule has 3 aromatic rings. The number of benzene rings is 2. The second-order valence-corrected chi connectivity index (χ2v) is 10.7. The highest BCUT2D eigenvalue weighted by atomic mass is 16.5. The summed E-state index contributed by atoms with van der Waals surface area (Å²) in [6.07, 6.45) is 0. The molecule has 0 bridgehead atoms. The van der Waals surface area contributed by atoms with E-state index in [1.54, 1.807) is 13.2 Å². The summed E-state index contributed by atoms with van der Waals surface area (Å²) in [6, 6.07) is 17.3. The standard InChI is InChI=1S/C30H34N4O3/c1-18-13-14-22-26(32-18)28(31)34(30(22,6)21-11-9-8-10-12-21)17-25(36)20-15-23(29(3,4)5)27(37-7)24(16-20)33-19(2)35/h8-16,31H,17H2,1-7H3,(H,33,35). The Bertz CT molecular complexity index is 1390. The van der Waals surface area contributed by atoms with Gasteiger partial charge in [0.2, 0.25) is 5.91 Å². The fourth-order valence-electron chi connectivity index (χ4n) is 5.02. The number of fused-ring (bicyclic) bond motifs is 1. The van der Waals surface area contributed by atoms with Crippen LogP contribution in [0, 0.1) is 12.3 Å². The molecule has 1 aliphatic rings. The van der Waals surface area contributed by atoms with E-state index >= 15 is 0 Å². The molecule has 0 fully saturated rings. The van der Waals surface area contributed by atoms with Crippen LogP contribution in [0.3, 0.4) is 0 Å². The zero-order valence-corrected chi connectivity index (χ0v) is 22.5. The van der Waals surface area contributed by atoms with Gasteiger partial charge in [0.1, 0.15) is 17.3 Å². The van der Waals surface area contributed by atoms with Crippen LogP contribution in [0.25, 0.3) is 0 Å². The first-order valence-electron chi connectivity index (χ1n) is 12.3. The molecule has 0 aliphatic carbocycles. The van der Waals surface area contributed by atoms with Crippen molar-refractivity contribution in [2.75, 3.05) is 19.0 Å². The Hall–Kier alpha value is -4.00. The zero-order valence-electron chi connectivity index (χ0n) is 22.5. The van der Waals surface area contributed by atoms with Gasteiger partial charge in [-0.05, 0) is 43.0 Å². The molecule has 1 aliphatic heterocycles. The average molecular weight is 499 g/mol. The maximum Gasteiger partial charge on any atom is 0.221 e. The van der Waals surface area contributed by atoms with Crippen LogP contribution in [0.4, 0.5) is 5.69 Å². The molecular formula is C30H34N4O3. The maximum atomic E-state index is 13.9. The summed E-state index contributed by atoms with van der Waals surface area (Å²) < 4.78 is 5.65. The van der Waals surface area contributed by atoms with E-state index in [0.29, 0.717) is 22.7 Å². The number of hydrogen-bond donors (Lipinski definition) is 2. The van der Waals surface area contributed by atoms with E-state index in [1.165, 1.54) is 6.92 Å². The van der Waals surface area contributed by atoms with Crippen LogP contribution >= 0.6 is 0 Å². The van der Waals surface area contributed by atoms with E-state index in [2.05, 4.69) is 10.3 Å². The number of nitrogens with one attached hydrogen (secondary N) is 2. The first kappa shape index (κ1) is 26.1. The molecule has 2 heterocycles. The maximum absolute atomic E-state index is 13.9. The number of hydrogen-bond acceptors (Lipinski definition) is 5. The van der Waals surface area contributed by atoms with Crippen LogP contribution in [-0.2, 0) is 15.7 Å². The van der Waals surface area contributed by atoms with Gasteiger partial charge < -0.3 is 15.0 Å². The average Bonchev–Trinajstić information content (AvgIpc) is 3.05. The largest absolute Gasteiger partial charge is 0.494 e. The number of ether oxygens (including phenoxy) is 1. The summed E-state index contributed by atoms with van der Waals surface area (Å²) in [6.45, 7) is 11.4. The fourth-order valence-corrected chi connectivity index (χ4v) is 5.02. The fraction of sp³-hybridized carbons (Fsp3) is 0.333.